The van der Waals surface area contributed by atoms with Crippen LogP contribution >= 0.6 is 11.6 Å². The number of para-hydroxylation sites is 1. The Morgan fingerprint density at radius 2 is 1.77 bits per heavy atom. The minimum atomic E-state index is -0.756. The average molecular weight is 672 g/mol. The number of nitrogens with zero attached hydrogens (tertiary/aromatic N) is 3. The van der Waals surface area contributed by atoms with Crippen LogP contribution < -0.4 is 10.2 Å². The van der Waals surface area contributed by atoms with E-state index in [4.69, 9.17) is 11.6 Å². The van der Waals surface area contributed by atoms with Crippen LogP contribution in [0.5, 0.6) is 0 Å². The van der Waals surface area contributed by atoms with E-state index in [1.807, 2.05) is 67.7 Å². The fraction of sp³-hybridized carbons (Fsp3) is 0.395. The molecule has 4 aromatic rings. The van der Waals surface area contributed by atoms with Gasteiger partial charge in [0, 0.05) is 72.4 Å². The van der Waals surface area contributed by atoms with E-state index in [0.717, 1.165) is 53.5 Å². The number of halogens is 2. The van der Waals surface area contributed by atoms with Gasteiger partial charge in [0.15, 0.2) is 0 Å². The molecule has 0 radical (unpaired) electrons. The van der Waals surface area contributed by atoms with Gasteiger partial charge in [-0.05, 0) is 111 Å². The molecule has 3 aromatic carbocycles. The van der Waals surface area contributed by atoms with Crippen LogP contribution in [0.2, 0.25) is 5.02 Å². The highest BCUT2D eigenvalue weighted by Gasteiger charge is 2.34. The van der Waals surface area contributed by atoms with Crippen molar-refractivity contribution in [1.29, 1.82) is 0 Å². The van der Waals surface area contributed by atoms with Crippen LogP contribution in [0.4, 0.5) is 10.1 Å². The summed E-state index contributed by atoms with van der Waals surface area (Å²) in [7, 11) is 4.07. The van der Waals surface area contributed by atoms with E-state index in [9.17, 15) is 18.8 Å². The summed E-state index contributed by atoms with van der Waals surface area (Å²) in [4.78, 5) is 50.0. The van der Waals surface area contributed by atoms with E-state index in [2.05, 4.69) is 15.2 Å². The predicted octanol–water partition coefficient (Wildman–Crippen LogP) is 6.09. The molecule has 6 rings (SSSR count). The predicted molar refractivity (Wildman–Crippen MR) is 188 cm³/mol. The van der Waals surface area contributed by atoms with Crippen molar-refractivity contribution < 1.29 is 18.8 Å². The monoisotopic (exact) mass is 671 g/mol. The standard InChI is InChI=1S/C38H43ClFN5O3/c1-43(2)23-26-19-28-20-30(39)10-13-35(28)45(24-26)38(48)34(21-29-22-41-33-6-4-3-5-32(29)33)42-36(46)14-7-25-15-17-44(18-16-25)37(47)27-8-11-31(40)12-9-27/h3-6,8-13,20,22,25-26,34,41H,7,14-19,21,23-24H2,1-2H3,(H,42,46)/t26-,34-/m1/s1. The summed E-state index contributed by atoms with van der Waals surface area (Å²) >= 11 is 6.39. The van der Waals surface area contributed by atoms with E-state index in [0.29, 0.717) is 55.4 Å². The van der Waals surface area contributed by atoms with Gasteiger partial charge in [-0.2, -0.15) is 0 Å². The molecule has 0 bridgehead atoms. The summed E-state index contributed by atoms with van der Waals surface area (Å²) in [6, 6.07) is 18.5. The first-order valence-electron chi connectivity index (χ1n) is 16.8. The maximum atomic E-state index is 14.5. The summed E-state index contributed by atoms with van der Waals surface area (Å²) < 4.78 is 13.3. The van der Waals surface area contributed by atoms with Gasteiger partial charge in [-0.3, -0.25) is 14.4 Å². The molecule has 2 aliphatic heterocycles. The van der Waals surface area contributed by atoms with Crippen LogP contribution in [0.25, 0.3) is 10.9 Å². The summed E-state index contributed by atoms with van der Waals surface area (Å²) in [6.07, 6.45) is 5.66. The second kappa shape index (κ2) is 14.9. The quantitative estimate of drug-likeness (QED) is 0.214. The number of rotatable bonds is 10. The second-order valence-electron chi connectivity index (χ2n) is 13.5. The lowest BCUT2D eigenvalue weighted by Crippen LogP contribution is -2.53. The number of carbonyl (C=O) groups is 3. The Morgan fingerprint density at radius 1 is 1.02 bits per heavy atom. The van der Waals surface area contributed by atoms with Gasteiger partial charge in [0.1, 0.15) is 11.9 Å². The third kappa shape index (κ3) is 7.90. The highest BCUT2D eigenvalue weighted by Crippen LogP contribution is 2.33. The number of hydrogen-bond donors (Lipinski definition) is 2. The molecule has 252 valence electrons. The Kier molecular flexibility index (Phi) is 10.5. The average Bonchev–Trinajstić information content (AvgIpc) is 3.49. The number of carbonyl (C=O) groups excluding carboxylic acids is 3. The van der Waals surface area contributed by atoms with Crippen LogP contribution in [-0.4, -0.2) is 78.8 Å². The molecule has 0 aliphatic carbocycles. The normalized spacial score (nSPS) is 17.4. The molecular weight excluding hydrogens is 629 g/mol. The Hall–Kier alpha value is -4.21. The van der Waals surface area contributed by atoms with E-state index in [-0.39, 0.29) is 29.5 Å². The number of likely N-dealkylation sites (tertiary alicyclic amines) is 1. The second-order valence-corrected chi connectivity index (χ2v) is 14.0. The zero-order valence-electron chi connectivity index (χ0n) is 27.6. The van der Waals surface area contributed by atoms with Gasteiger partial charge in [-0.15, -0.1) is 0 Å². The topological polar surface area (TPSA) is 88.8 Å². The number of hydrogen-bond acceptors (Lipinski definition) is 4. The Labute approximate surface area is 286 Å². The lowest BCUT2D eigenvalue weighted by Gasteiger charge is -2.37. The van der Waals surface area contributed by atoms with Crippen LogP contribution in [0.1, 0.15) is 47.2 Å². The molecule has 3 amide bonds. The zero-order chi connectivity index (χ0) is 33.8. The van der Waals surface area contributed by atoms with E-state index < -0.39 is 6.04 Å². The first-order valence-corrected chi connectivity index (χ1v) is 17.2. The molecule has 2 N–H and O–H groups in total. The lowest BCUT2D eigenvalue weighted by atomic mass is 9.90. The molecule has 0 spiro atoms. The van der Waals surface area contributed by atoms with Crippen molar-refractivity contribution in [2.45, 2.75) is 44.6 Å². The summed E-state index contributed by atoms with van der Waals surface area (Å²) in [6.45, 7) is 2.57. The van der Waals surface area contributed by atoms with Crippen molar-refractivity contribution in [3.05, 3.63) is 100 Å². The summed E-state index contributed by atoms with van der Waals surface area (Å²) in [5.74, 6) is -0.238. The van der Waals surface area contributed by atoms with E-state index in [1.165, 1.54) is 24.3 Å². The Morgan fingerprint density at radius 3 is 2.52 bits per heavy atom. The molecule has 1 fully saturated rings. The van der Waals surface area contributed by atoms with Crippen molar-refractivity contribution in [2.24, 2.45) is 11.8 Å². The van der Waals surface area contributed by atoms with Crippen molar-refractivity contribution in [3.8, 4) is 0 Å². The number of aromatic amines is 1. The van der Waals surface area contributed by atoms with E-state index >= 15 is 0 Å². The fourth-order valence-electron chi connectivity index (χ4n) is 7.27. The van der Waals surface area contributed by atoms with Crippen LogP contribution in [0.3, 0.4) is 0 Å². The number of nitrogens with one attached hydrogen (secondary N) is 2. The zero-order valence-corrected chi connectivity index (χ0v) is 28.3. The van der Waals surface area contributed by atoms with Gasteiger partial charge < -0.3 is 25.0 Å². The Balaban J connectivity index is 1.14. The van der Waals surface area contributed by atoms with Crippen molar-refractivity contribution >= 4 is 45.9 Å². The molecule has 1 aromatic heterocycles. The van der Waals surface area contributed by atoms with Crippen molar-refractivity contribution in [1.82, 2.24) is 20.1 Å². The first kappa shape index (κ1) is 33.7. The molecular formula is C38H43ClFN5O3. The van der Waals surface area contributed by atoms with Gasteiger partial charge >= 0.3 is 0 Å². The number of aromatic nitrogens is 1. The molecule has 10 heteroatoms. The highest BCUT2D eigenvalue weighted by molar-refractivity contribution is 6.30. The SMILES string of the molecule is CN(C)C[C@H]1Cc2cc(Cl)ccc2N(C(=O)[C@@H](Cc2c[nH]c3ccccc23)NC(=O)CCC2CCN(C(=O)c3ccc(F)cc3)CC2)C1. The van der Waals surface area contributed by atoms with E-state index in [1.54, 1.807) is 4.90 Å². The Bertz CT molecular complexity index is 1770. The smallest absolute Gasteiger partial charge is 0.253 e. The lowest BCUT2D eigenvalue weighted by molar-refractivity contribution is -0.127. The molecule has 48 heavy (non-hydrogen) atoms. The number of H-pyrrole nitrogens is 1. The van der Waals surface area contributed by atoms with Crippen molar-refractivity contribution in [3.63, 3.8) is 0 Å². The van der Waals surface area contributed by atoms with Crippen LogP contribution in [0, 0.1) is 17.7 Å². The molecule has 1 saturated heterocycles. The largest absolute Gasteiger partial charge is 0.361 e. The molecule has 0 saturated carbocycles. The number of benzene rings is 3. The number of fused-ring (bicyclic) bond motifs is 2. The van der Waals surface area contributed by atoms with Gasteiger partial charge in [0.05, 0.1) is 0 Å². The number of anilines is 1. The molecule has 3 heterocycles. The third-order valence-electron chi connectivity index (χ3n) is 9.68. The highest BCUT2D eigenvalue weighted by atomic mass is 35.5. The molecule has 8 nitrogen and oxygen atoms in total. The van der Waals surface area contributed by atoms with Gasteiger partial charge in [-0.25, -0.2) is 4.39 Å². The summed E-state index contributed by atoms with van der Waals surface area (Å²) in [5.41, 5.74) is 4.32. The minimum Gasteiger partial charge on any atom is -0.361 e. The van der Waals surface area contributed by atoms with Crippen molar-refractivity contribution in [2.75, 3.05) is 45.2 Å². The number of piperidine rings is 1. The van der Waals surface area contributed by atoms with Crippen LogP contribution in [-0.2, 0) is 22.4 Å². The molecule has 0 unspecified atom stereocenters. The molecule has 2 atom stereocenters. The fourth-order valence-corrected chi connectivity index (χ4v) is 7.47. The first-order chi connectivity index (χ1) is 23.1. The minimum absolute atomic E-state index is 0.0980. The maximum Gasteiger partial charge on any atom is 0.253 e. The van der Waals surface area contributed by atoms with Gasteiger partial charge in [0.25, 0.3) is 5.91 Å². The molecule has 2 aliphatic rings. The maximum absolute atomic E-state index is 14.5. The van der Waals surface area contributed by atoms with Crippen LogP contribution in [0.15, 0.2) is 72.9 Å². The third-order valence-corrected chi connectivity index (χ3v) is 9.91. The van der Waals surface area contributed by atoms with Gasteiger partial charge in [0.2, 0.25) is 11.8 Å². The summed E-state index contributed by atoms with van der Waals surface area (Å²) in [5, 5.41) is 4.80. The van der Waals surface area contributed by atoms with Gasteiger partial charge in [-0.1, -0.05) is 29.8 Å². The number of amides is 3.